The van der Waals surface area contributed by atoms with Gasteiger partial charge in [0.15, 0.2) is 6.23 Å². The Balaban J connectivity index is 1.34. The zero-order valence-corrected chi connectivity index (χ0v) is 21.0. The fourth-order valence-corrected chi connectivity index (χ4v) is 4.83. The third-order valence-electron chi connectivity index (χ3n) is 6.41. The second kappa shape index (κ2) is 9.45. The number of hydrogen-bond acceptors (Lipinski definition) is 4. The summed E-state index contributed by atoms with van der Waals surface area (Å²) in [4.78, 5) is 31.6. The van der Waals surface area contributed by atoms with Gasteiger partial charge in [-0.25, -0.2) is 13.9 Å². The monoisotopic (exact) mass is 561 g/mol. The number of aromatic amines is 2. The normalized spacial score (nSPS) is 15.7. The number of rotatable bonds is 6. The molecule has 3 heterocycles. The molecule has 1 amide bonds. The number of carbonyl (C=O) groups is 1. The second-order valence-corrected chi connectivity index (χ2v) is 9.74. The van der Waals surface area contributed by atoms with E-state index in [4.69, 9.17) is 9.84 Å². The van der Waals surface area contributed by atoms with E-state index in [1.807, 2.05) is 48.7 Å². The average molecular weight is 562 g/mol. The van der Waals surface area contributed by atoms with Crippen LogP contribution in [0.4, 0.5) is 4.39 Å². The lowest BCUT2D eigenvalue weighted by atomic mass is 10.1. The van der Waals surface area contributed by atoms with Gasteiger partial charge >= 0.3 is 5.69 Å². The van der Waals surface area contributed by atoms with Crippen LogP contribution in [0.5, 0.6) is 0 Å². The van der Waals surface area contributed by atoms with Crippen LogP contribution in [0.25, 0.3) is 28.0 Å². The summed E-state index contributed by atoms with van der Waals surface area (Å²) >= 11 is 3.45. The molecule has 1 fully saturated rings. The zero-order chi connectivity index (χ0) is 25.5. The van der Waals surface area contributed by atoms with E-state index in [0.29, 0.717) is 24.2 Å². The molecule has 0 aliphatic carbocycles. The zero-order valence-electron chi connectivity index (χ0n) is 19.4. The Morgan fingerprint density at radius 3 is 2.54 bits per heavy atom. The lowest BCUT2D eigenvalue weighted by Crippen LogP contribution is -2.30. The van der Waals surface area contributed by atoms with Gasteiger partial charge in [-0.05, 0) is 72.6 Å². The Morgan fingerprint density at radius 1 is 1.00 bits per heavy atom. The minimum atomic E-state index is -0.646. The van der Waals surface area contributed by atoms with Crippen molar-refractivity contribution in [1.29, 1.82) is 0 Å². The molecule has 8 nitrogen and oxygen atoms in total. The SMILES string of the molecule is O=C1CO[C@H](c2cn(-c3ccc(Br)cc3)nc2-c2ccc(F)cc2)N1CCc1ccc2[nH]c(=O)[nH]c2c1. The van der Waals surface area contributed by atoms with Gasteiger partial charge in [-0.2, -0.15) is 5.10 Å². The van der Waals surface area contributed by atoms with Crippen LogP contribution in [-0.2, 0) is 16.0 Å². The van der Waals surface area contributed by atoms with E-state index in [1.54, 1.807) is 21.7 Å². The molecule has 5 aromatic rings. The number of aromatic nitrogens is 4. The summed E-state index contributed by atoms with van der Waals surface area (Å²) in [6, 6.07) is 19.5. The Labute approximate surface area is 218 Å². The molecule has 10 heteroatoms. The fourth-order valence-electron chi connectivity index (χ4n) is 4.56. The first-order valence-electron chi connectivity index (χ1n) is 11.7. The Bertz CT molecular complexity index is 1660. The molecule has 1 aliphatic heterocycles. The van der Waals surface area contributed by atoms with Gasteiger partial charge in [0.05, 0.1) is 16.7 Å². The van der Waals surface area contributed by atoms with Crippen LogP contribution in [0.15, 0.2) is 82.2 Å². The van der Waals surface area contributed by atoms with E-state index in [1.165, 1.54) is 12.1 Å². The Hall–Kier alpha value is -4.02. The average Bonchev–Trinajstić information content (AvgIpc) is 3.59. The smallest absolute Gasteiger partial charge is 0.323 e. The fraction of sp³-hybridized carbons (Fsp3) is 0.148. The highest BCUT2D eigenvalue weighted by Gasteiger charge is 2.36. The molecule has 0 unspecified atom stereocenters. The highest BCUT2D eigenvalue weighted by atomic mass is 79.9. The van der Waals surface area contributed by atoms with Crippen molar-refractivity contribution in [2.24, 2.45) is 0 Å². The van der Waals surface area contributed by atoms with E-state index in [-0.39, 0.29) is 24.0 Å². The van der Waals surface area contributed by atoms with Crippen molar-refractivity contribution in [2.45, 2.75) is 12.6 Å². The molecule has 186 valence electrons. The molecule has 3 aromatic carbocycles. The van der Waals surface area contributed by atoms with Gasteiger partial charge in [-0.1, -0.05) is 22.0 Å². The number of ether oxygens (including phenoxy) is 1. The van der Waals surface area contributed by atoms with Crippen LogP contribution in [-0.4, -0.2) is 43.7 Å². The Morgan fingerprint density at radius 2 is 1.76 bits per heavy atom. The first-order chi connectivity index (χ1) is 17.9. The van der Waals surface area contributed by atoms with Gasteiger partial charge in [0.1, 0.15) is 18.1 Å². The molecule has 2 aromatic heterocycles. The summed E-state index contributed by atoms with van der Waals surface area (Å²) in [5.74, 6) is -0.463. The number of nitrogens with zero attached hydrogens (tertiary/aromatic N) is 3. The number of amides is 1. The minimum Gasteiger partial charge on any atom is -0.344 e. The molecule has 6 rings (SSSR count). The first-order valence-corrected chi connectivity index (χ1v) is 12.5. The van der Waals surface area contributed by atoms with E-state index in [9.17, 15) is 14.0 Å². The predicted molar refractivity (Wildman–Crippen MR) is 140 cm³/mol. The van der Waals surface area contributed by atoms with Crippen molar-refractivity contribution in [3.8, 4) is 16.9 Å². The van der Waals surface area contributed by atoms with Crippen molar-refractivity contribution in [3.63, 3.8) is 0 Å². The van der Waals surface area contributed by atoms with Crippen LogP contribution in [0, 0.1) is 5.82 Å². The third-order valence-corrected chi connectivity index (χ3v) is 6.94. The van der Waals surface area contributed by atoms with E-state index < -0.39 is 6.23 Å². The van der Waals surface area contributed by atoms with E-state index >= 15 is 0 Å². The second-order valence-electron chi connectivity index (χ2n) is 8.82. The van der Waals surface area contributed by atoms with Crippen LogP contribution >= 0.6 is 15.9 Å². The van der Waals surface area contributed by atoms with E-state index in [2.05, 4.69) is 25.9 Å². The van der Waals surface area contributed by atoms with Crippen LogP contribution in [0.3, 0.4) is 0 Å². The van der Waals surface area contributed by atoms with Crippen molar-refractivity contribution in [3.05, 3.63) is 105 Å². The number of fused-ring (bicyclic) bond motifs is 1. The minimum absolute atomic E-state index is 0.0405. The van der Waals surface area contributed by atoms with Gasteiger partial charge in [0.2, 0.25) is 0 Å². The van der Waals surface area contributed by atoms with Crippen molar-refractivity contribution < 1.29 is 13.9 Å². The van der Waals surface area contributed by atoms with Crippen molar-refractivity contribution in [1.82, 2.24) is 24.6 Å². The summed E-state index contributed by atoms with van der Waals surface area (Å²) in [6.45, 7) is 0.372. The first kappa shape index (κ1) is 23.4. The molecule has 37 heavy (non-hydrogen) atoms. The van der Waals surface area contributed by atoms with Crippen LogP contribution < -0.4 is 5.69 Å². The number of carbonyl (C=O) groups excluding carboxylic acids is 1. The number of imidazole rings is 1. The maximum absolute atomic E-state index is 13.7. The van der Waals surface area contributed by atoms with Gasteiger partial charge in [-0.3, -0.25) is 4.79 Å². The van der Waals surface area contributed by atoms with Gasteiger partial charge in [-0.15, -0.1) is 0 Å². The standard InChI is InChI=1S/C27H21BrFN5O3/c28-18-4-8-20(9-5-18)34-14-21(25(32-34)17-2-6-19(29)7-3-17)26-33(24(35)15-37-26)12-11-16-1-10-22-23(13-16)31-27(36)30-22/h1-10,13-14,26H,11-12,15H2,(H2,30,31,36)/t26-/m1/s1. The molecule has 0 saturated carbocycles. The molecule has 0 bridgehead atoms. The van der Waals surface area contributed by atoms with Crippen LogP contribution in [0.1, 0.15) is 17.4 Å². The van der Waals surface area contributed by atoms with Gasteiger partial charge in [0.25, 0.3) is 5.91 Å². The van der Waals surface area contributed by atoms with Crippen molar-refractivity contribution in [2.75, 3.05) is 13.2 Å². The third kappa shape index (κ3) is 4.61. The maximum atomic E-state index is 13.7. The highest BCUT2D eigenvalue weighted by Crippen LogP contribution is 2.35. The Kier molecular flexibility index (Phi) is 5.97. The largest absolute Gasteiger partial charge is 0.344 e. The predicted octanol–water partition coefficient (Wildman–Crippen LogP) is 4.71. The lowest BCUT2D eigenvalue weighted by molar-refractivity contribution is -0.128. The number of nitrogens with one attached hydrogen (secondary N) is 2. The molecule has 1 saturated heterocycles. The molecule has 0 radical (unpaired) electrons. The van der Waals surface area contributed by atoms with E-state index in [0.717, 1.165) is 32.3 Å². The number of hydrogen-bond donors (Lipinski definition) is 2. The molecule has 1 aliphatic rings. The summed E-state index contributed by atoms with van der Waals surface area (Å²) in [5.41, 5.74) is 5.05. The molecular weight excluding hydrogens is 541 g/mol. The molecular formula is C27H21BrFN5O3. The summed E-state index contributed by atoms with van der Waals surface area (Å²) in [6.07, 6.45) is 1.78. The van der Waals surface area contributed by atoms with Gasteiger partial charge in [0, 0.05) is 28.3 Å². The van der Waals surface area contributed by atoms with Crippen molar-refractivity contribution >= 4 is 32.9 Å². The quantitative estimate of drug-likeness (QED) is 0.314. The molecule has 1 atom stereocenters. The molecule has 2 N–H and O–H groups in total. The molecule has 0 spiro atoms. The number of halogens is 2. The highest BCUT2D eigenvalue weighted by molar-refractivity contribution is 9.10. The summed E-state index contributed by atoms with van der Waals surface area (Å²) in [7, 11) is 0. The van der Waals surface area contributed by atoms with Gasteiger partial charge < -0.3 is 19.6 Å². The number of benzene rings is 3. The van der Waals surface area contributed by atoms with Crippen LogP contribution in [0.2, 0.25) is 0 Å². The lowest BCUT2D eigenvalue weighted by Gasteiger charge is -2.23. The topological polar surface area (TPSA) is 96.0 Å². The number of H-pyrrole nitrogens is 2. The summed E-state index contributed by atoms with van der Waals surface area (Å²) in [5, 5.41) is 4.79. The summed E-state index contributed by atoms with van der Waals surface area (Å²) < 4.78 is 22.3. The maximum Gasteiger partial charge on any atom is 0.323 e.